The van der Waals surface area contributed by atoms with Crippen LogP contribution < -0.4 is 4.74 Å². The molecule has 7 heteroatoms. The van der Waals surface area contributed by atoms with Crippen LogP contribution in [0, 0.1) is 5.92 Å². The average molecular weight is 445 g/mol. The Balaban J connectivity index is 1.24. The zero-order valence-electron chi connectivity index (χ0n) is 17.9. The van der Waals surface area contributed by atoms with E-state index in [0.29, 0.717) is 19.6 Å². The third kappa shape index (κ3) is 5.58. The van der Waals surface area contributed by atoms with Crippen molar-refractivity contribution in [3.8, 4) is 5.75 Å². The van der Waals surface area contributed by atoms with Gasteiger partial charge in [-0.1, -0.05) is 12.1 Å². The van der Waals surface area contributed by atoms with Crippen LogP contribution in [-0.2, 0) is 28.5 Å². The molecule has 0 atom stereocenters. The highest BCUT2D eigenvalue weighted by molar-refractivity contribution is 5.83. The molecule has 2 heterocycles. The molecule has 0 unspecified atom stereocenters. The van der Waals surface area contributed by atoms with E-state index in [4.69, 9.17) is 14.2 Å². The van der Waals surface area contributed by atoms with Crippen LogP contribution in [0.15, 0.2) is 54.7 Å². The van der Waals surface area contributed by atoms with E-state index in [-0.39, 0.29) is 12.2 Å². The van der Waals surface area contributed by atoms with Crippen molar-refractivity contribution >= 4 is 10.9 Å². The van der Waals surface area contributed by atoms with Gasteiger partial charge in [-0.3, -0.25) is 4.98 Å². The van der Waals surface area contributed by atoms with Gasteiger partial charge in [0.05, 0.1) is 31.4 Å². The van der Waals surface area contributed by atoms with E-state index >= 15 is 0 Å². The zero-order valence-corrected chi connectivity index (χ0v) is 17.9. The number of ether oxygens (including phenoxy) is 3. The van der Waals surface area contributed by atoms with Crippen molar-refractivity contribution in [2.75, 3.05) is 20.3 Å². The second kappa shape index (κ2) is 9.88. The molecule has 0 N–H and O–H groups in total. The van der Waals surface area contributed by atoms with Crippen molar-refractivity contribution in [3.05, 3.63) is 71.4 Å². The predicted molar refractivity (Wildman–Crippen MR) is 116 cm³/mol. The molecule has 32 heavy (non-hydrogen) atoms. The molecule has 0 saturated carbocycles. The van der Waals surface area contributed by atoms with Crippen LogP contribution >= 0.6 is 0 Å². The van der Waals surface area contributed by atoms with Gasteiger partial charge in [-0.2, -0.15) is 13.2 Å². The zero-order chi connectivity index (χ0) is 22.6. The van der Waals surface area contributed by atoms with Crippen LogP contribution in [0.1, 0.15) is 29.5 Å². The van der Waals surface area contributed by atoms with Crippen molar-refractivity contribution in [1.29, 1.82) is 0 Å². The number of nitrogens with zero attached hydrogens (tertiary/aromatic N) is 1. The molecule has 1 aliphatic heterocycles. The van der Waals surface area contributed by atoms with Crippen LogP contribution in [0.25, 0.3) is 10.9 Å². The van der Waals surface area contributed by atoms with Gasteiger partial charge < -0.3 is 14.2 Å². The molecule has 1 aliphatic rings. The minimum atomic E-state index is -4.30. The van der Waals surface area contributed by atoms with Gasteiger partial charge in [-0.25, -0.2) is 0 Å². The Hall–Kier alpha value is -2.64. The van der Waals surface area contributed by atoms with Crippen LogP contribution in [0.5, 0.6) is 5.75 Å². The summed E-state index contributed by atoms with van der Waals surface area (Å²) in [6, 6.07) is 13.2. The number of alkyl halides is 3. The Morgan fingerprint density at radius 2 is 1.72 bits per heavy atom. The average Bonchev–Trinajstić information content (AvgIpc) is 2.81. The Morgan fingerprint density at radius 3 is 2.41 bits per heavy atom. The van der Waals surface area contributed by atoms with Gasteiger partial charge in [0.25, 0.3) is 0 Å². The van der Waals surface area contributed by atoms with E-state index in [9.17, 15) is 13.2 Å². The van der Waals surface area contributed by atoms with Crippen molar-refractivity contribution in [2.45, 2.75) is 38.1 Å². The van der Waals surface area contributed by atoms with E-state index in [1.165, 1.54) is 5.56 Å². The van der Waals surface area contributed by atoms with Gasteiger partial charge in [0.1, 0.15) is 5.75 Å². The molecule has 0 aliphatic carbocycles. The Kier molecular flexibility index (Phi) is 6.96. The smallest absolute Gasteiger partial charge is 0.416 e. The molecule has 0 amide bonds. The van der Waals surface area contributed by atoms with Crippen molar-refractivity contribution in [3.63, 3.8) is 0 Å². The van der Waals surface area contributed by atoms with Crippen molar-refractivity contribution in [2.24, 2.45) is 5.92 Å². The van der Waals surface area contributed by atoms with Gasteiger partial charge in [0, 0.05) is 23.9 Å². The van der Waals surface area contributed by atoms with Gasteiger partial charge in [-0.05, 0) is 66.8 Å². The number of aromatic nitrogens is 1. The molecule has 0 spiro atoms. The van der Waals surface area contributed by atoms with Gasteiger partial charge in [0.15, 0.2) is 6.29 Å². The number of methoxy groups -OCH3 is 1. The number of halogens is 3. The first-order chi connectivity index (χ1) is 15.4. The number of hydrogen-bond donors (Lipinski definition) is 0. The third-order valence-electron chi connectivity index (χ3n) is 5.85. The predicted octanol–water partition coefficient (Wildman–Crippen LogP) is 5.82. The highest BCUT2D eigenvalue weighted by atomic mass is 19.4. The first-order valence-corrected chi connectivity index (χ1v) is 10.7. The summed E-state index contributed by atoms with van der Waals surface area (Å²) in [6.45, 7) is 1.19. The van der Waals surface area contributed by atoms with E-state index in [2.05, 4.69) is 4.98 Å². The molecule has 1 fully saturated rings. The number of fused-ring (bicyclic) bond motifs is 1. The molecule has 4 nitrogen and oxygen atoms in total. The molecule has 0 bridgehead atoms. The summed E-state index contributed by atoms with van der Waals surface area (Å²) in [7, 11) is 1.65. The van der Waals surface area contributed by atoms with E-state index in [1.807, 2.05) is 30.5 Å². The summed E-state index contributed by atoms with van der Waals surface area (Å²) >= 11 is 0. The fourth-order valence-electron chi connectivity index (χ4n) is 3.95. The molecule has 0 radical (unpaired) electrons. The lowest BCUT2D eigenvalue weighted by atomic mass is 9.99. The quantitative estimate of drug-likeness (QED) is 0.460. The largest absolute Gasteiger partial charge is 0.497 e. The molecule has 1 aromatic heterocycles. The molecule has 3 aromatic rings. The fourth-order valence-corrected chi connectivity index (χ4v) is 3.95. The van der Waals surface area contributed by atoms with Gasteiger partial charge in [0.2, 0.25) is 0 Å². The summed E-state index contributed by atoms with van der Waals surface area (Å²) < 4.78 is 55.2. The lowest BCUT2D eigenvalue weighted by molar-refractivity contribution is -0.203. The maximum absolute atomic E-state index is 12.7. The minimum Gasteiger partial charge on any atom is -0.497 e. The number of benzene rings is 2. The Morgan fingerprint density at radius 1 is 0.969 bits per heavy atom. The maximum Gasteiger partial charge on any atom is 0.416 e. The second-order valence-corrected chi connectivity index (χ2v) is 8.09. The monoisotopic (exact) mass is 445 g/mol. The van der Waals surface area contributed by atoms with Crippen LogP contribution in [0.2, 0.25) is 0 Å². The van der Waals surface area contributed by atoms with Crippen LogP contribution in [0.3, 0.4) is 0 Å². The van der Waals surface area contributed by atoms with Crippen LogP contribution in [0.4, 0.5) is 13.2 Å². The SMILES string of the molecule is COc1ccc2nccc(CCC3OCC(CCc4ccc(C(F)(F)F)cc4)CO3)c2c1. The molecular weight excluding hydrogens is 419 g/mol. The Labute approximate surface area is 185 Å². The maximum atomic E-state index is 12.7. The third-order valence-corrected chi connectivity index (χ3v) is 5.85. The van der Waals surface area contributed by atoms with E-state index < -0.39 is 11.7 Å². The number of rotatable bonds is 7. The molecule has 1 saturated heterocycles. The Bertz CT molecular complexity index is 1030. The molecule has 2 aromatic carbocycles. The van der Waals surface area contributed by atoms with Gasteiger partial charge in [-0.15, -0.1) is 0 Å². The lowest BCUT2D eigenvalue weighted by Gasteiger charge is -2.29. The van der Waals surface area contributed by atoms with Crippen molar-refractivity contribution in [1.82, 2.24) is 4.98 Å². The van der Waals surface area contributed by atoms with E-state index in [0.717, 1.165) is 53.6 Å². The summed E-state index contributed by atoms with van der Waals surface area (Å²) in [5.41, 5.74) is 2.37. The lowest BCUT2D eigenvalue weighted by Crippen LogP contribution is -2.32. The number of aryl methyl sites for hydroxylation is 2. The van der Waals surface area contributed by atoms with E-state index in [1.54, 1.807) is 19.2 Å². The summed E-state index contributed by atoms with van der Waals surface area (Å²) in [6.07, 6.45) is 0.301. The first kappa shape index (κ1) is 22.6. The number of hydrogen-bond acceptors (Lipinski definition) is 4. The minimum absolute atomic E-state index is 0.236. The first-order valence-electron chi connectivity index (χ1n) is 10.7. The highest BCUT2D eigenvalue weighted by Crippen LogP contribution is 2.30. The number of pyridine rings is 1. The van der Waals surface area contributed by atoms with Gasteiger partial charge >= 0.3 is 6.18 Å². The standard InChI is InChI=1S/C25H26F3NO3/c1-30-21-9-10-23-22(14-21)19(12-13-29-23)6-11-24-31-15-18(16-32-24)3-2-17-4-7-20(8-5-17)25(26,27)28/h4-5,7-10,12-14,18,24H,2-3,6,11,15-16H2,1H3. The second-order valence-electron chi connectivity index (χ2n) is 8.09. The molecule has 170 valence electrons. The van der Waals surface area contributed by atoms with Crippen molar-refractivity contribution < 1.29 is 27.4 Å². The topological polar surface area (TPSA) is 40.6 Å². The normalized spacial score (nSPS) is 19.2. The summed E-state index contributed by atoms with van der Waals surface area (Å²) in [5, 5.41) is 1.07. The summed E-state index contributed by atoms with van der Waals surface area (Å²) in [5.74, 6) is 1.03. The fraction of sp³-hybridized carbons (Fsp3) is 0.400. The molecule has 4 rings (SSSR count). The summed E-state index contributed by atoms with van der Waals surface area (Å²) in [4.78, 5) is 4.41. The highest BCUT2D eigenvalue weighted by Gasteiger charge is 2.30. The molecular formula is C25H26F3NO3. The van der Waals surface area contributed by atoms with Crippen LogP contribution in [-0.4, -0.2) is 31.6 Å².